The molecule has 29 heavy (non-hydrogen) atoms. The highest BCUT2D eigenvalue weighted by molar-refractivity contribution is 6.48. The van der Waals surface area contributed by atoms with E-state index in [1.807, 2.05) is 30.3 Å². The topological polar surface area (TPSA) is 102 Å². The molecule has 0 radical (unpaired) electrons. The zero-order valence-corrected chi connectivity index (χ0v) is 15.7. The Labute approximate surface area is 167 Å². The lowest BCUT2D eigenvalue weighted by molar-refractivity contribution is -0.136. The molecule has 0 aromatic heterocycles. The van der Waals surface area contributed by atoms with E-state index in [0.29, 0.717) is 22.9 Å². The van der Waals surface area contributed by atoms with Crippen molar-refractivity contribution in [3.63, 3.8) is 0 Å². The molecule has 0 saturated carbocycles. The number of hydrogen-bond acceptors (Lipinski definition) is 5. The highest BCUT2D eigenvalue weighted by Crippen LogP contribution is 2.23. The quantitative estimate of drug-likeness (QED) is 0.525. The highest BCUT2D eigenvalue weighted by atomic mass is 16.5. The number of para-hydroxylation sites is 1. The number of ether oxygens (including phenoxy) is 1. The molecule has 0 spiro atoms. The first-order valence-electron chi connectivity index (χ1n) is 8.78. The average Bonchev–Trinajstić information content (AvgIpc) is 2.70. The smallest absolute Gasteiger partial charge is 0.323 e. The van der Waals surface area contributed by atoms with E-state index < -0.39 is 17.7 Å². The third kappa shape index (κ3) is 4.98. The Balaban J connectivity index is 1.69. The van der Waals surface area contributed by atoms with Crippen LogP contribution in [0.1, 0.15) is 6.92 Å². The number of carbonyl (C=O) groups excluding carboxylic acids is 3. The van der Waals surface area contributed by atoms with Crippen LogP contribution in [-0.4, -0.2) is 17.7 Å². The molecule has 3 rings (SSSR count). The van der Waals surface area contributed by atoms with Gasteiger partial charge in [-0.25, -0.2) is 4.90 Å². The van der Waals surface area contributed by atoms with E-state index in [9.17, 15) is 14.4 Å². The highest BCUT2D eigenvalue weighted by Gasteiger charge is 2.27. The van der Waals surface area contributed by atoms with Crippen LogP contribution in [0.3, 0.4) is 0 Å². The molecular formula is C22H19N3O4. The van der Waals surface area contributed by atoms with E-state index in [1.54, 1.807) is 36.4 Å². The van der Waals surface area contributed by atoms with Gasteiger partial charge < -0.3 is 15.8 Å². The van der Waals surface area contributed by atoms with Crippen LogP contribution in [0.5, 0.6) is 11.5 Å². The van der Waals surface area contributed by atoms with Crippen molar-refractivity contribution in [1.82, 2.24) is 0 Å². The monoisotopic (exact) mass is 389 g/mol. The Kier molecular flexibility index (Phi) is 5.89. The summed E-state index contributed by atoms with van der Waals surface area (Å²) in [6.45, 7) is 1.20. The number of nitrogens with zero attached hydrogens (tertiary/aromatic N) is 1. The molecule has 0 saturated heterocycles. The molecule has 0 aliphatic carbocycles. The Morgan fingerprint density at radius 3 is 2.14 bits per heavy atom. The third-order valence-electron chi connectivity index (χ3n) is 3.93. The van der Waals surface area contributed by atoms with Gasteiger partial charge in [-0.1, -0.05) is 24.3 Å². The summed E-state index contributed by atoms with van der Waals surface area (Å²) < 4.78 is 5.68. The molecule has 3 N–H and O–H groups in total. The Morgan fingerprint density at radius 2 is 1.52 bits per heavy atom. The van der Waals surface area contributed by atoms with Crippen LogP contribution in [0.15, 0.2) is 78.9 Å². The molecule has 0 fully saturated rings. The zero-order chi connectivity index (χ0) is 20.8. The molecule has 0 aliphatic heterocycles. The van der Waals surface area contributed by atoms with Gasteiger partial charge in [0.25, 0.3) is 0 Å². The summed E-state index contributed by atoms with van der Waals surface area (Å²) in [5, 5.41) is 2.48. The van der Waals surface area contributed by atoms with Gasteiger partial charge in [-0.05, 0) is 54.6 Å². The lowest BCUT2D eigenvalue weighted by atomic mass is 10.2. The van der Waals surface area contributed by atoms with Gasteiger partial charge in [0.1, 0.15) is 11.5 Å². The first kappa shape index (κ1) is 19.6. The molecule has 0 aliphatic rings. The Hall–Kier alpha value is -4.13. The minimum Gasteiger partial charge on any atom is -0.457 e. The van der Waals surface area contributed by atoms with Crippen LogP contribution in [0, 0.1) is 0 Å². The molecular weight excluding hydrogens is 370 g/mol. The molecule has 0 unspecified atom stereocenters. The number of rotatable bonds is 4. The Morgan fingerprint density at radius 1 is 0.862 bits per heavy atom. The summed E-state index contributed by atoms with van der Waals surface area (Å²) in [7, 11) is 0. The van der Waals surface area contributed by atoms with Crippen LogP contribution in [0.4, 0.5) is 17.1 Å². The van der Waals surface area contributed by atoms with Crippen molar-refractivity contribution in [2.75, 3.05) is 16.0 Å². The maximum atomic E-state index is 12.5. The van der Waals surface area contributed by atoms with E-state index in [2.05, 4.69) is 5.32 Å². The molecule has 0 atom stereocenters. The number of imide groups is 1. The number of nitrogen functional groups attached to an aromatic ring is 1. The standard InChI is InChI=1S/C22H19N3O4/c1-15(26)25(18-7-5-6-16(23)14-18)22(28)21(27)24-17-10-12-20(13-11-17)29-19-8-3-2-4-9-19/h2-14H,23H2,1H3,(H,24,27). The van der Waals surface area contributed by atoms with Crippen LogP contribution >= 0.6 is 0 Å². The molecule has 0 heterocycles. The minimum absolute atomic E-state index is 0.226. The summed E-state index contributed by atoms with van der Waals surface area (Å²) >= 11 is 0. The summed E-state index contributed by atoms with van der Waals surface area (Å²) in [5.41, 5.74) is 6.69. The summed E-state index contributed by atoms with van der Waals surface area (Å²) in [4.78, 5) is 37.6. The fourth-order valence-electron chi connectivity index (χ4n) is 2.62. The number of hydrogen-bond donors (Lipinski definition) is 2. The molecule has 3 aromatic carbocycles. The number of amides is 3. The molecule has 7 heteroatoms. The molecule has 3 aromatic rings. The van der Waals surface area contributed by atoms with Crippen molar-refractivity contribution in [1.29, 1.82) is 0 Å². The normalized spacial score (nSPS) is 10.1. The number of nitrogens with two attached hydrogens (primary N) is 1. The van der Waals surface area contributed by atoms with Crippen LogP contribution < -0.4 is 20.7 Å². The number of anilines is 3. The zero-order valence-electron chi connectivity index (χ0n) is 15.7. The van der Waals surface area contributed by atoms with Gasteiger partial charge in [0.15, 0.2) is 0 Å². The third-order valence-corrected chi connectivity index (χ3v) is 3.93. The van der Waals surface area contributed by atoms with E-state index in [-0.39, 0.29) is 5.69 Å². The van der Waals surface area contributed by atoms with Gasteiger partial charge >= 0.3 is 11.8 Å². The number of nitrogens with one attached hydrogen (secondary N) is 1. The van der Waals surface area contributed by atoms with Crippen molar-refractivity contribution in [3.8, 4) is 11.5 Å². The summed E-state index contributed by atoms with van der Waals surface area (Å²) in [6, 6.07) is 21.9. The second-order valence-electron chi connectivity index (χ2n) is 6.15. The Bertz CT molecular complexity index is 1030. The van der Waals surface area contributed by atoms with Crippen molar-refractivity contribution < 1.29 is 19.1 Å². The van der Waals surface area contributed by atoms with Gasteiger partial charge in [-0.15, -0.1) is 0 Å². The minimum atomic E-state index is -1.01. The first-order chi connectivity index (χ1) is 13.9. The van der Waals surface area contributed by atoms with Crippen molar-refractivity contribution in [3.05, 3.63) is 78.9 Å². The predicted octanol–water partition coefficient (Wildman–Crippen LogP) is 3.58. The van der Waals surface area contributed by atoms with Crippen LogP contribution in [-0.2, 0) is 14.4 Å². The number of benzene rings is 3. The fourth-order valence-corrected chi connectivity index (χ4v) is 2.62. The predicted molar refractivity (Wildman–Crippen MR) is 111 cm³/mol. The van der Waals surface area contributed by atoms with Gasteiger partial charge in [-0.2, -0.15) is 0 Å². The van der Waals surface area contributed by atoms with Gasteiger partial charge in [-0.3, -0.25) is 14.4 Å². The van der Waals surface area contributed by atoms with Crippen molar-refractivity contribution in [2.24, 2.45) is 0 Å². The second-order valence-corrected chi connectivity index (χ2v) is 6.15. The molecule has 7 nitrogen and oxygen atoms in total. The summed E-state index contributed by atoms with van der Waals surface area (Å²) in [5.74, 6) is -1.29. The van der Waals surface area contributed by atoms with E-state index in [0.717, 1.165) is 4.90 Å². The SMILES string of the molecule is CC(=O)N(C(=O)C(=O)Nc1ccc(Oc2ccccc2)cc1)c1cccc(N)c1. The van der Waals surface area contributed by atoms with Gasteiger partial charge in [0, 0.05) is 18.3 Å². The second kappa shape index (κ2) is 8.71. The molecule has 3 amide bonds. The first-order valence-corrected chi connectivity index (χ1v) is 8.78. The van der Waals surface area contributed by atoms with Crippen LogP contribution in [0.2, 0.25) is 0 Å². The van der Waals surface area contributed by atoms with Gasteiger partial charge in [0.2, 0.25) is 5.91 Å². The number of carbonyl (C=O) groups is 3. The fraction of sp³-hybridized carbons (Fsp3) is 0.0455. The maximum Gasteiger partial charge on any atom is 0.323 e. The largest absolute Gasteiger partial charge is 0.457 e. The summed E-state index contributed by atoms with van der Waals surface area (Å²) in [6.07, 6.45) is 0. The van der Waals surface area contributed by atoms with Crippen molar-refractivity contribution >= 4 is 34.8 Å². The lowest BCUT2D eigenvalue weighted by Crippen LogP contribution is -2.42. The maximum absolute atomic E-state index is 12.5. The van der Waals surface area contributed by atoms with Crippen molar-refractivity contribution in [2.45, 2.75) is 6.92 Å². The van der Waals surface area contributed by atoms with Crippen LogP contribution in [0.25, 0.3) is 0 Å². The molecule has 146 valence electrons. The van der Waals surface area contributed by atoms with Gasteiger partial charge in [0.05, 0.1) is 5.69 Å². The lowest BCUT2D eigenvalue weighted by Gasteiger charge is -2.19. The average molecular weight is 389 g/mol. The molecule has 0 bridgehead atoms. The van der Waals surface area contributed by atoms with E-state index >= 15 is 0 Å². The van der Waals surface area contributed by atoms with E-state index in [1.165, 1.54) is 19.1 Å². The van der Waals surface area contributed by atoms with E-state index in [4.69, 9.17) is 10.5 Å².